The third-order valence-electron chi connectivity index (χ3n) is 3.55. The topological polar surface area (TPSA) is 59.1 Å². The van der Waals surface area contributed by atoms with Crippen LogP contribution in [0.25, 0.3) is 0 Å². The van der Waals surface area contributed by atoms with Crippen molar-refractivity contribution in [3.05, 3.63) is 92.7 Å². The molecule has 1 heterocycles. The molecule has 26 heavy (non-hydrogen) atoms. The maximum atomic E-state index is 12.8. The van der Waals surface area contributed by atoms with Crippen LogP contribution in [0.15, 0.2) is 60.7 Å². The summed E-state index contributed by atoms with van der Waals surface area (Å²) >= 11 is 17.9. The van der Waals surface area contributed by atoms with Gasteiger partial charge in [-0.25, -0.2) is 4.98 Å². The quantitative estimate of drug-likeness (QED) is 0.459. The molecule has 0 saturated heterocycles. The molecular weight excluding hydrogens is 395 g/mol. The number of pyridine rings is 1. The van der Waals surface area contributed by atoms with Crippen LogP contribution in [0.3, 0.4) is 0 Å². The summed E-state index contributed by atoms with van der Waals surface area (Å²) in [5.41, 5.74) is 0.901. The van der Waals surface area contributed by atoms with Gasteiger partial charge in [-0.3, -0.25) is 9.59 Å². The van der Waals surface area contributed by atoms with Gasteiger partial charge in [-0.1, -0.05) is 46.9 Å². The zero-order valence-electron chi connectivity index (χ0n) is 13.2. The van der Waals surface area contributed by atoms with Crippen molar-refractivity contribution in [1.82, 2.24) is 4.98 Å². The SMILES string of the molecule is O=C(Nc1ccc(Cl)nc1C(=O)c1ccccc1Cl)c1ccc(Cl)cc1. The molecule has 4 nitrogen and oxygen atoms in total. The monoisotopic (exact) mass is 404 g/mol. The maximum absolute atomic E-state index is 12.8. The van der Waals surface area contributed by atoms with Gasteiger partial charge in [0, 0.05) is 16.1 Å². The lowest BCUT2D eigenvalue weighted by Gasteiger charge is -2.11. The van der Waals surface area contributed by atoms with Gasteiger partial charge >= 0.3 is 0 Å². The zero-order valence-corrected chi connectivity index (χ0v) is 15.4. The van der Waals surface area contributed by atoms with E-state index in [4.69, 9.17) is 34.8 Å². The lowest BCUT2D eigenvalue weighted by molar-refractivity contribution is 0.102. The van der Waals surface area contributed by atoms with Crippen LogP contribution >= 0.6 is 34.8 Å². The minimum absolute atomic E-state index is 0.00733. The number of halogens is 3. The van der Waals surface area contributed by atoms with Gasteiger partial charge in [0.15, 0.2) is 0 Å². The number of carbonyl (C=O) groups is 2. The van der Waals surface area contributed by atoms with Crippen molar-refractivity contribution in [1.29, 1.82) is 0 Å². The highest BCUT2D eigenvalue weighted by atomic mass is 35.5. The molecule has 1 amide bonds. The van der Waals surface area contributed by atoms with Gasteiger partial charge < -0.3 is 5.32 Å². The first kappa shape index (κ1) is 18.4. The summed E-state index contributed by atoms with van der Waals surface area (Å²) in [6.45, 7) is 0. The van der Waals surface area contributed by atoms with Gasteiger partial charge in [0.2, 0.25) is 5.78 Å². The van der Waals surface area contributed by atoms with E-state index in [0.29, 0.717) is 10.6 Å². The van der Waals surface area contributed by atoms with Crippen molar-refractivity contribution in [2.75, 3.05) is 5.32 Å². The van der Waals surface area contributed by atoms with E-state index in [0.717, 1.165) is 0 Å². The Morgan fingerprint density at radius 2 is 1.54 bits per heavy atom. The first-order valence-corrected chi connectivity index (χ1v) is 8.62. The van der Waals surface area contributed by atoms with Gasteiger partial charge in [0.25, 0.3) is 5.91 Å². The van der Waals surface area contributed by atoms with Gasteiger partial charge in [-0.15, -0.1) is 0 Å². The Morgan fingerprint density at radius 3 is 2.23 bits per heavy atom. The van der Waals surface area contributed by atoms with E-state index in [1.54, 1.807) is 48.5 Å². The van der Waals surface area contributed by atoms with Gasteiger partial charge in [-0.2, -0.15) is 0 Å². The molecule has 0 saturated carbocycles. The Bertz CT molecular complexity index is 988. The molecule has 7 heteroatoms. The normalized spacial score (nSPS) is 10.4. The number of amides is 1. The number of rotatable bonds is 4. The lowest BCUT2D eigenvalue weighted by atomic mass is 10.1. The summed E-state index contributed by atoms with van der Waals surface area (Å²) in [7, 11) is 0. The van der Waals surface area contributed by atoms with E-state index in [9.17, 15) is 9.59 Å². The summed E-state index contributed by atoms with van der Waals surface area (Å²) in [5, 5.41) is 3.61. The Morgan fingerprint density at radius 1 is 0.846 bits per heavy atom. The third-order valence-corrected chi connectivity index (χ3v) is 4.34. The second kappa shape index (κ2) is 7.87. The van der Waals surface area contributed by atoms with Crippen molar-refractivity contribution in [2.24, 2.45) is 0 Å². The highest BCUT2D eigenvalue weighted by Gasteiger charge is 2.20. The van der Waals surface area contributed by atoms with Crippen molar-refractivity contribution in [3.63, 3.8) is 0 Å². The van der Waals surface area contributed by atoms with Gasteiger partial charge in [-0.05, 0) is 48.5 Å². The average molecular weight is 406 g/mol. The van der Waals surface area contributed by atoms with Crippen LogP contribution in [0.2, 0.25) is 15.2 Å². The van der Waals surface area contributed by atoms with E-state index in [1.807, 2.05) is 0 Å². The molecule has 0 aliphatic heterocycles. The van der Waals surface area contributed by atoms with Crippen LogP contribution in [-0.2, 0) is 0 Å². The van der Waals surface area contributed by atoms with Crippen molar-refractivity contribution < 1.29 is 9.59 Å². The molecule has 0 fully saturated rings. The lowest BCUT2D eigenvalue weighted by Crippen LogP contribution is -2.16. The predicted molar refractivity (Wildman–Crippen MR) is 104 cm³/mol. The smallest absolute Gasteiger partial charge is 0.255 e. The van der Waals surface area contributed by atoms with Crippen molar-refractivity contribution >= 4 is 52.2 Å². The standard InChI is InChI=1S/C19H11Cl3N2O2/c20-12-7-5-11(6-8-12)19(26)23-15-9-10-16(22)24-17(15)18(25)13-3-1-2-4-14(13)21/h1-10H,(H,23,26). The number of nitrogens with zero attached hydrogens (tertiary/aromatic N) is 1. The third kappa shape index (κ3) is 4.05. The van der Waals surface area contributed by atoms with Crippen LogP contribution in [0, 0.1) is 0 Å². The first-order chi connectivity index (χ1) is 12.5. The van der Waals surface area contributed by atoms with Crippen LogP contribution in [0.4, 0.5) is 5.69 Å². The number of nitrogens with one attached hydrogen (secondary N) is 1. The fourth-order valence-corrected chi connectivity index (χ4v) is 2.77. The Hall–Kier alpha value is -2.40. The molecule has 130 valence electrons. The molecule has 0 spiro atoms. The second-order valence-corrected chi connectivity index (χ2v) is 6.53. The fourth-order valence-electron chi connectivity index (χ4n) is 2.28. The molecule has 0 radical (unpaired) electrons. The largest absolute Gasteiger partial charge is 0.320 e. The summed E-state index contributed by atoms with van der Waals surface area (Å²) in [6.07, 6.45) is 0. The molecule has 0 aliphatic rings. The minimum Gasteiger partial charge on any atom is -0.320 e. The number of anilines is 1. The van der Waals surface area contributed by atoms with Crippen LogP contribution in [0.1, 0.15) is 26.4 Å². The molecule has 2 aromatic carbocycles. The summed E-state index contributed by atoms with van der Waals surface area (Å²) < 4.78 is 0. The van der Waals surface area contributed by atoms with Crippen LogP contribution < -0.4 is 5.32 Å². The summed E-state index contributed by atoms with van der Waals surface area (Å²) in [4.78, 5) is 29.3. The minimum atomic E-state index is -0.440. The average Bonchev–Trinajstić information content (AvgIpc) is 2.63. The number of benzene rings is 2. The molecule has 0 aliphatic carbocycles. The Balaban J connectivity index is 1.96. The van der Waals surface area contributed by atoms with E-state index in [2.05, 4.69) is 10.3 Å². The molecule has 0 unspecified atom stereocenters. The molecular formula is C19H11Cl3N2O2. The van der Waals surface area contributed by atoms with Gasteiger partial charge in [0.05, 0.1) is 10.7 Å². The van der Waals surface area contributed by atoms with E-state index in [1.165, 1.54) is 12.1 Å². The fraction of sp³-hybridized carbons (Fsp3) is 0. The predicted octanol–water partition coefficient (Wildman–Crippen LogP) is 5.53. The number of carbonyl (C=O) groups excluding carboxylic acids is 2. The number of ketones is 1. The zero-order chi connectivity index (χ0) is 18.7. The van der Waals surface area contributed by atoms with Crippen LogP contribution in [-0.4, -0.2) is 16.7 Å². The number of hydrogen-bond donors (Lipinski definition) is 1. The molecule has 1 N–H and O–H groups in total. The Kier molecular flexibility index (Phi) is 5.57. The molecule has 3 aromatic rings. The van der Waals surface area contributed by atoms with Crippen molar-refractivity contribution in [3.8, 4) is 0 Å². The van der Waals surface area contributed by atoms with E-state index in [-0.39, 0.29) is 27.1 Å². The van der Waals surface area contributed by atoms with Gasteiger partial charge in [0.1, 0.15) is 10.8 Å². The molecule has 3 rings (SSSR count). The van der Waals surface area contributed by atoms with E-state index < -0.39 is 11.7 Å². The summed E-state index contributed by atoms with van der Waals surface area (Å²) in [5.74, 6) is -0.844. The molecule has 0 bridgehead atoms. The summed E-state index contributed by atoms with van der Waals surface area (Å²) in [6, 6.07) is 16.0. The van der Waals surface area contributed by atoms with Crippen LogP contribution in [0.5, 0.6) is 0 Å². The number of hydrogen-bond acceptors (Lipinski definition) is 3. The molecule has 0 atom stereocenters. The van der Waals surface area contributed by atoms with Crippen molar-refractivity contribution in [2.45, 2.75) is 0 Å². The molecule has 1 aromatic heterocycles. The second-order valence-electron chi connectivity index (χ2n) is 5.30. The maximum Gasteiger partial charge on any atom is 0.255 e. The first-order valence-electron chi connectivity index (χ1n) is 7.48. The highest BCUT2D eigenvalue weighted by molar-refractivity contribution is 6.35. The highest BCUT2D eigenvalue weighted by Crippen LogP contribution is 2.24. The Labute approximate surface area is 164 Å². The van der Waals surface area contributed by atoms with E-state index >= 15 is 0 Å². The number of aromatic nitrogens is 1.